The first-order valence-electron chi connectivity index (χ1n) is 4.03. The van der Waals surface area contributed by atoms with Crippen LogP contribution in [0.15, 0.2) is 4.52 Å². The third kappa shape index (κ3) is 2.86. The van der Waals surface area contributed by atoms with Crippen LogP contribution in [0.1, 0.15) is 11.5 Å². The van der Waals surface area contributed by atoms with E-state index in [1.165, 1.54) is 0 Å². The maximum atomic E-state index is 5.65. The molecular weight excluding hydrogens is 169 g/mol. The Labute approximate surface area is 78.6 Å². The van der Waals surface area contributed by atoms with E-state index in [9.17, 15) is 0 Å². The summed E-state index contributed by atoms with van der Waals surface area (Å²) in [7, 11) is 7.27. The number of ether oxygens (including phenoxy) is 2. The van der Waals surface area contributed by atoms with Crippen molar-refractivity contribution in [3.8, 4) is 0 Å². The molecular formula is C8H12BNO3. The van der Waals surface area contributed by atoms with Gasteiger partial charge in [0.2, 0.25) is 0 Å². The van der Waals surface area contributed by atoms with Crippen molar-refractivity contribution in [1.82, 2.24) is 5.16 Å². The highest BCUT2D eigenvalue weighted by atomic mass is 16.5. The highest BCUT2D eigenvalue weighted by Crippen LogP contribution is 1.98. The molecule has 2 radical (unpaired) electrons. The first kappa shape index (κ1) is 10.3. The Balaban J connectivity index is 2.32. The first-order chi connectivity index (χ1) is 6.25. The quantitative estimate of drug-likeness (QED) is 0.471. The van der Waals surface area contributed by atoms with Crippen molar-refractivity contribution < 1.29 is 14.0 Å². The number of rotatable bonds is 5. The molecule has 0 aromatic carbocycles. The van der Waals surface area contributed by atoms with Crippen molar-refractivity contribution in [2.24, 2.45) is 0 Å². The topological polar surface area (TPSA) is 44.5 Å². The predicted molar refractivity (Wildman–Crippen MR) is 48.2 cm³/mol. The van der Waals surface area contributed by atoms with Crippen molar-refractivity contribution >= 4 is 13.3 Å². The van der Waals surface area contributed by atoms with Gasteiger partial charge >= 0.3 is 0 Å². The zero-order valence-electron chi connectivity index (χ0n) is 7.87. The minimum Gasteiger partial charge on any atom is -0.382 e. The summed E-state index contributed by atoms with van der Waals surface area (Å²) in [5.74, 6) is 0.630. The Kier molecular flexibility index (Phi) is 3.98. The Morgan fingerprint density at radius 2 is 2.23 bits per heavy atom. The van der Waals surface area contributed by atoms with Gasteiger partial charge in [0.15, 0.2) is 0 Å². The zero-order valence-corrected chi connectivity index (χ0v) is 7.87. The van der Waals surface area contributed by atoms with Crippen LogP contribution in [0.5, 0.6) is 0 Å². The largest absolute Gasteiger partial charge is 0.382 e. The van der Waals surface area contributed by atoms with Crippen LogP contribution in [-0.2, 0) is 16.1 Å². The standard InChI is InChI=1S/C8H12BNO3/c1-6-8(9)7(10-13-6)5-12-4-3-11-2/h3-5H2,1-2H3. The minimum absolute atomic E-state index is 0.368. The monoisotopic (exact) mass is 181 g/mol. The average Bonchev–Trinajstić information content (AvgIpc) is 2.43. The van der Waals surface area contributed by atoms with E-state index in [-0.39, 0.29) is 0 Å². The molecule has 0 amide bonds. The average molecular weight is 181 g/mol. The summed E-state index contributed by atoms with van der Waals surface area (Å²) in [6, 6.07) is 0. The molecule has 13 heavy (non-hydrogen) atoms. The number of aromatic nitrogens is 1. The fourth-order valence-corrected chi connectivity index (χ4v) is 0.840. The molecule has 0 saturated heterocycles. The molecule has 70 valence electrons. The molecule has 1 aromatic rings. The lowest BCUT2D eigenvalue weighted by Crippen LogP contribution is -2.12. The Morgan fingerprint density at radius 1 is 1.46 bits per heavy atom. The molecule has 1 heterocycles. The van der Waals surface area contributed by atoms with Gasteiger partial charge in [-0.15, -0.1) is 0 Å². The molecule has 0 saturated carbocycles. The van der Waals surface area contributed by atoms with Gasteiger partial charge < -0.3 is 14.0 Å². The van der Waals surface area contributed by atoms with Crippen molar-refractivity contribution in [3.63, 3.8) is 0 Å². The van der Waals surface area contributed by atoms with Gasteiger partial charge in [-0.25, -0.2) is 0 Å². The van der Waals surface area contributed by atoms with Crippen LogP contribution in [0.4, 0.5) is 0 Å². The summed E-state index contributed by atoms with van der Waals surface area (Å²) in [6.45, 7) is 3.23. The molecule has 0 N–H and O–H groups in total. The number of hydrogen-bond acceptors (Lipinski definition) is 4. The molecule has 0 unspecified atom stereocenters. The van der Waals surface area contributed by atoms with E-state index in [0.717, 1.165) is 0 Å². The van der Waals surface area contributed by atoms with Gasteiger partial charge in [-0.1, -0.05) is 5.16 Å². The Morgan fingerprint density at radius 3 is 2.77 bits per heavy atom. The zero-order chi connectivity index (χ0) is 9.68. The van der Waals surface area contributed by atoms with Crippen LogP contribution >= 0.6 is 0 Å². The lowest BCUT2D eigenvalue weighted by Gasteiger charge is -2.00. The van der Waals surface area contributed by atoms with Crippen LogP contribution < -0.4 is 5.46 Å². The van der Waals surface area contributed by atoms with Gasteiger partial charge in [-0.3, -0.25) is 0 Å². The van der Waals surface area contributed by atoms with Crippen LogP contribution in [0.25, 0.3) is 0 Å². The SMILES string of the molecule is [B]c1c(COCCOC)noc1C. The molecule has 5 heteroatoms. The molecule has 0 aliphatic carbocycles. The molecule has 0 atom stereocenters. The second-order valence-electron chi connectivity index (χ2n) is 2.64. The van der Waals surface area contributed by atoms with E-state index in [4.69, 9.17) is 21.8 Å². The van der Waals surface area contributed by atoms with Gasteiger partial charge in [-0.2, -0.15) is 0 Å². The summed E-state index contributed by atoms with van der Waals surface area (Å²) >= 11 is 0. The summed E-state index contributed by atoms with van der Waals surface area (Å²) in [4.78, 5) is 0. The molecule has 0 bridgehead atoms. The number of aryl methyl sites for hydroxylation is 1. The second-order valence-corrected chi connectivity index (χ2v) is 2.64. The lowest BCUT2D eigenvalue weighted by atomic mass is 9.94. The predicted octanol–water partition coefficient (Wildman–Crippen LogP) is -0.0602. The van der Waals surface area contributed by atoms with Crippen molar-refractivity contribution in [1.29, 1.82) is 0 Å². The minimum atomic E-state index is 0.368. The van der Waals surface area contributed by atoms with Crippen LogP contribution in [0.2, 0.25) is 0 Å². The van der Waals surface area contributed by atoms with Crippen LogP contribution in [0, 0.1) is 6.92 Å². The molecule has 0 aliphatic heterocycles. The van der Waals surface area contributed by atoms with Gasteiger partial charge in [0.05, 0.1) is 19.8 Å². The maximum absolute atomic E-state index is 5.65. The van der Waals surface area contributed by atoms with Crippen LogP contribution in [-0.4, -0.2) is 33.3 Å². The number of hydrogen-bond donors (Lipinski definition) is 0. The molecule has 0 aliphatic rings. The number of nitrogens with zero attached hydrogens (tertiary/aromatic N) is 1. The van der Waals surface area contributed by atoms with E-state index >= 15 is 0 Å². The smallest absolute Gasteiger partial charge is 0.126 e. The molecule has 4 nitrogen and oxygen atoms in total. The normalized spacial score (nSPS) is 10.6. The fourth-order valence-electron chi connectivity index (χ4n) is 0.840. The highest BCUT2D eigenvalue weighted by molar-refractivity contribution is 6.33. The van der Waals surface area contributed by atoms with Crippen molar-refractivity contribution in [2.75, 3.05) is 20.3 Å². The van der Waals surface area contributed by atoms with E-state index < -0.39 is 0 Å². The summed E-state index contributed by atoms with van der Waals surface area (Å²) in [5.41, 5.74) is 1.21. The van der Waals surface area contributed by atoms with E-state index in [1.54, 1.807) is 14.0 Å². The summed E-state index contributed by atoms with van der Waals surface area (Å²) in [5, 5.41) is 3.75. The lowest BCUT2D eigenvalue weighted by molar-refractivity contribution is 0.0593. The second kappa shape index (κ2) is 5.04. The third-order valence-electron chi connectivity index (χ3n) is 1.65. The van der Waals surface area contributed by atoms with E-state index in [2.05, 4.69) is 5.16 Å². The van der Waals surface area contributed by atoms with E-state index in [0.29, 0.717) is 36.7 Å². The number of methoxy groups -OCH3 is 1. The highest BCUT2D eigenvalue weighted by Gasteiger charge is 2.06. The van der Waals surface area contributed by atoms with Crippen molar-refractivity contribution in [2.45, 2.75) is 13.5 Å². The molecule has 0 spiro atoms. The molecule has 1 aromatic heterocycles. The van der Waals surface area contributed by atoms with Crippen molar-refractivity contribution in [3.05, 3.63) is 11.5 Å². The fraction of sp³-hybridized carbons (Fsp3) is 0.625. The first-order valence-corrected chi connectivity index (χ1v) is 4.03. The van der Waals surface area contributed by atoms with Gasteiger partial charge in [0.1, 0.15) is 19.3 Å². The maximum Gasteiger partial charge on any atom is 0.126 e. The summed E-state index contributed by atoms with van der Waals surface area (Å²) < 4.78 is 14.9. The summed E-state index contributed by atoms with van der Waals surface area (Å²) in [6.07, 6.45) is 0. The Hall–Kier alpha value is -0.805. The third-order valence-corrected chi connectivity index (χ3v) is 1.65. The van der Waals surface area contributed by atoms with Gasteiger partial charge in [0, 0.05) is 7.11 Å². The van der Waals surface area contributed by atoms with Crippen LogP contribution in [0.3, 0.4) is 0 Å². The van der Waals surface area contributed by atoms with E-state index in [1.807, 2.05) is 0 Å². The molecule has 0 fully saturated rings. The molecule has 1 rings (SSSR count). The Bertz CT molecular complexity index is 262. The van der Waals surface area contributed by atoms with Gasteiger partial charge in [0.25, 0.3) is 0 Å². The van der Waals surface area contributed by atoms with Gasteiger partial charge in [-0.05, 0) is 12.4 Å².